The second-order valence-electron chi connectivity index (χ2n) is 5.32. The lowest BCUT2D eigenvalue weighted by molar-refractivity contribution is -0.140. The van der Waals surface area contributed by atoms with Gasteiger partial charge in [-0.25, -0.2) is 4.68 Å². The third kappa shape index (κ3) is 4.25. The second kappa shape index (κ2) is 8.26. The summed E-state index contributed by atoms with van der Waals surface area (Å²) in [6.45, 7) is -0.166. The van der Waals surface area contributed by atoms with Crippen LogP contribution in [0, 0.1) is 0 Å². The highest BCUT2D eigenvalue weighted by Crippen LogP contribution is 2.28. The van der Waals surface area contributed by atoms with Gasteiger partial charge in [0.1, 0.15) is 12.2 Å². The van der Waals surface area contributed by atoms with Crippen LogP contribution in [-0.2, 0) is 14.3 Å². The van der Waals surface area contributed by atoms with Gasteiger partial charge < -0.3 is 10.1 Å². The van der Waals surface area contributed by atoms with Crippen LogP contribution in [0.1, 0.15) is 5.56 Å². The Morgan fingerprint density at radius 3 is 2.73 bits per heavy atom. The highest BCUT2D eigenvalue weighted by Gasteiger charge is 2.12. The van der Waals surface area contributed by atoms with E-state index in [-0.39, 0.29) is 12.5 Å². The van der Waals surface area contributed by atoms with Gasteiger partial charge in [-0.2, -0.15) is 5.10 Å². The normalized spacial score (nSPS) is 10.8. The van der Waals surface area contributed by atoms with Gasteiger partial charge in [0.25, 0.3) is 0 Å². The predicted molar refractivity (Wildman–Crippen MR) is 101 cm³/mol. The van der Waals surface area contributed by atoms with E-state index in [2.05, 4.69) is 15.2 Å². The minimum Gasteiger partial charge on any atom is -0.468 e. The van der Waals surface area contributed by atoms with E-state index in [9.17, 15) is 9.59 Å². The lowest BCUT2D eigenvalue weighted by Crippen LogP contribution is -2.28. The number of amides is 1. The molecule has 0 aliphatic rings. The Bertz CT molecular complexity index is 915. The molecule has 0 radical (unpaired) electrons. The molecule has 0 bridgehead atoms. The zero-order valence-corrected chi connectivity index (χ0v) is 14.9. The molecule has 1 aromatic carbocycles. The quantitative estimate of drug-likeness (QED) is 0.537. The van der Waals surface area contributed by atoms with Gasteiger partial charge in [-0.1, -0.05) is 24.3 Å². The molecule has 132 valence electrons. The van der Waals surface area contributed by atoms with Gasteiger partial charge in [0.2, 0.25) is 5.91 Å². The number of thiophene rings is 1. The van der Waals surface area contributed by atoms with E-state index in [0.717, 1.165) is 21.8 Å². The number of hydrogen-bond donors (Lipinski definition) is 1. The first-order valence-electron chi connectivity index (χ1n) is 7.89. The average Bonchev–Trinajstić information content (AvgIpc) is 3.34. The molecule has 0 saturated carbocycles. The largest absolute Gasteiger partial charge is 0.468 e. The number of ether oxygens (including phenoxy) is 1. The number of methoxy groups -OCH3 is 1. The SMILES string of the molecule is COC(=O)CNC(=O)/C=C/c1cn(-c2ccccc2)nc1-c1cccs1. The number of carbonyl (C=O) groups excluding carboxylic acids is 2. The van der Waals surface area contributed by atoms with E-state index < -0.39 is 5.97 Å². The fourth-order valence-electron chi connectivity index (χ4n) is 2.28. The first-order valence-corrected chi connectivity index (χ1v) is 8.77. The zero-order chi connectivity index (χ0) is 18.4. The molecule has 2 aromatic heterocycles. The number of para-hydroxylation sites is 1. The number of nitrogens with one attached hydrogen (secondary N) is 1. The van der Waals surface area contributed by atoms with Gasteiger partial charge in [0.05, 0.1) is 17.7 Å². The van der Waals surface area contributed by atoms with Gasteiger partial charge in [0, 0.05) is 17.8 Å². The van der Waals surface area contributed by atoms with Crippen LogP contribution in [0.2, 0.25) is 0 Å². The molecule has 0 atom stereocenters. The Labute approximate surface area is 154 Å². The fourth-order valence-corrected chi connectivity index (χ4v) is 3.01. The number of carbonyl (C=O) groups is 2. The summed E-state index contributed by atoms with van der Waals surface area (Å²) in [5.74, 6) is -0.872. The molecule has 2 heterocycles. The van der Waals surface area contributed by atoms with Crippen molar-refractivity contribution in [1.29, 1.82) is 0 Å². The van der Waals surface area contributed by atoms with Gasteiger partial charge in [-0.05, 0) is 29.7 Å². The topological polar surface area (TPSA) is 73.2 Å². The minimum absolute atomic E-state index is 0.166. The van der Waals surface area contributed by atoms with E-state index in [1.165, 1.54) is 13.2 Å². The van der Waals surface area contributed by atoms with Crippen molar-refractivity contribution in [1.82, 2.24) is 15.1 Å². The third-order valence-corrected chi connectivity index (χ3v) is 4.44. The molecular weight excluding hydrogens is 350 g/mol. The summed E-state index contributed by atoms with van der Waals surface area (Å²) in [5, 5.41) is 9.11. The number of nitrogens with zero attached hydrogens (tertiary/aromatic N) is 2. The van der Waals surface area contributed by atoms with Crippen LogP contribution >= 0.6 is 11.3 Å². The number of rotatable bonds is 6. The first kappa shape index (κ1) is 17.6. The molecule has 0 aliphatic heterocycles. The van der Waals surface area contributed by atoms with E-state index in [4.69, 9.17) is 0 Å². The first-order chi connectivity index (χ1) is 12.7. The molecule has 1 N–H and O–H groups in total. The van der Waals surface area contributed by atoms with Crippen LogP contribution in [-0.4, -0.2) is 35.3 Å². The number of aromatic nitrogens is 2. The Kier molecular flexibility index (Phi) is 5.60. The van der Waals surface area contributed by atoms with Crippen molar-refractivity contribution in [3.05, 3.63) is 65.7 Å². The molecule has 6 nitrogen and oxygen atoms in total. The van der Waals surface area contributed by atoms with Crippen LogP contribution in [0.4, 0.5) is 0 Å². The molecule has 0 saturated heterocycles. The predicted octanol–water partition coefficient (Wildman–Crippen LogP) is 2.90. The van der Waals surface area contributed by atoms with Crippen LogP contribution in [0.25, 0.3) is 22.3 Å². The molecule has 1 amide bonds. The van der Waals surface area contributed by atoms with Gasteiger partial charge in [-0.15, -0.1) is 11.3 Å². The van der Waals surface area contributed by atoms with Crippen molar-refractivity contribution in [3.8, 4) is 16.3 Å². The summed E-state index contributed by atoms with van der Waals surface area (Å²) in [6.07, 6.45) is 4.94. The maximum absolute atomic E-state index is 11.9. The van der Waals surface area contributed by atoms with Crippen molar-refractivity contribution in [2.45, 2.75) is 0 Å². The maximum Gasteiger partial charge on any atom is 0.325 e. The summed E-state index contributed by atoms with van der Waals surface area (Å²) >= 11 is 1.58. The van der Waals surface area contributed by atoms with Gasteiger partial charge in [-0.3, -0.25) is 9.59 Å². The zero-order valence-electron chi connectivity index (χ0n) is 14.1. The highest BCUT2D eigenvalue weighted by atomic mass is 32.1. The molecule has 0 spiro atoms. The second-order valence-corrected chi connectivity index (χ2v) is 6.27. The van der Waals surface area contributed by atoms with E-state index in [0.29, 0.717) is 0 Å². The van der Waals surface area contributed by atoms with Gasteiger partial charge in [0.15, 0.2) is 0 Å². The summed E-state index contributed by atoms with van der Waals surface area (Å²) < 4.78 is 6.27. The van der Waals surface area contributed by atoms with Crippen molar-refractivity contribution in [2.75, 3.05) is 13.7 Å². The fraction of sp³-hybridized carbons (Fsp3) is 0.105. The molecule has 0 aliphatic carbocycles. The summed E-state index contributed by atoms with van der Waals surface area (Å²) in [6, 6.07) is 13.7. The van der Waals surface area contributed by atoms with E-state index in [1.54, 1.807) is 22.1 Å². The molecule has 3 aromatic rings. The Morgan fingerprint density at radius 1 is 1.23 bits per heavy atom. The third-order valence-electron chi connectivity index (χ3n) is 3.57. The maximum atomic E-state index is 11.9. The monoisotopic (exact) mass is 367 g/mol. The van der Waals surface area contributed by atoms with Crippen molar-refractivity contribution in [3.63, 3.8) is 0 Å². The lowest BCUT2D eigenvalue weighted by Gasteiger charge is -1.99. The Hall–Kier alpha value is -3.19. The number of esters is 1. The summed E-state index contributed by atoms with van der Waals surface area (Å²) in [5.41, 5.74) is 2.53. The smallest absolute Gasteiger partial charge is 0.325 e. The highest BCUT2D eigenvalue weighted by molar-refractivity contribution is 7.13. The number of hydrogen-bond acceptors (Lipinski definition) is 5. The Balaban J connectivity index is 1.85. The molecule has 0 fully saturated rings. The molecule has 7 heteroatoms. The molecule has 26 heavy (non-hydrogen) atoms. The average molecular weight is 367 g/mol. The van der Waals surface area contributed by atoms with Crippen LogP contribution in [0.3, 0.4) is 0 Å². The standard InChI is InChI=1S/C19H17N3O3S/c1-25-18(24)12-20-17(23)10-9-14-13-22(15-6-3-2-4-7-15)21-19(14)16-8-5-11-26-16/h2-11,13H,12H2,1H3,(H,20,23)/b10-9+. The van der Waals surface area contributed by atoms with E-state index in [1.807, 2.05) is 54.0 Å². The van der Waals surface area contributed by atoms with Crippen molar-refractivity contribution < 1.29 is 14.3 Å². The molecular formula is C19H17N3O3S. The van der Waals surface area contributed by atoms with Crippen molar-refractivity contribution >= 4 is 29.3 Å². The summed E-state index contributed by atoms with van der Waals surface area (Å²) in [7, 11) is 1.27. The van der Waals surface area contributed by atoms with Crippen molar-refractivity contribution in [2.24, 2.45) is 0 Å². The molecule has 0 unspecified atom stereocenters. The lowest BCUT2D eigenvalue weighted by atomic mass is 10.2. The Morgan fingerprint density at radius 2 is 2.04 bits per heavy atom. The summed E-state index contributed by atoms with van der Waals surface area (Å²) in [4.78, 5) is 24.0. The minimum atomic E-state index is -0.497. The van der Waals surface area contributed by atoms with E-state index >= 15 is 0 Å². The molecule has 3 rings (SSSR count). The van der Waals surface area contributed by atoms with Gasteiger partial charge >= 0.3 is 5.97 Å². The van der Waals surface area contributed by atoms with Crippen LogP contribution in [0.15, 0.2) is 60.1 Å². The number of benzene rings is 1. The van der Waals surface area contributed by atoms with Crippen LogP contribution < -0.4 is 5.32 Å². The van der Waals surface area contributed by atoms with Crippen LogP contribution in [0.5, 0.6) is 0 Å².